The zero-order valence-electron chi connectivity index (χ0n) is 11.3. The Morgan fingerprint density at radius 1 is 1.15 bits per heavy atom. The van der Waals surface area contributed by atoms with E-state index in [4.69, 9.17) is 0 Å². The van der Waals surface area contributed by atoms with Crippen molar-refractivity contribution < 1.29 is 0 Å². The molecule has 2 fully saturated rings. The highest BCUT2D eigenvalue weighted by molar-refractivity contribution is 5.61. The van der Waals surface area contributed by atoms with Crippen molar-refractivity contribution in [3.05, 3.63) is 30.6 Å². The van der Waals surface area contributed by atoms with Crippen molar-refractivity contribution >= 4 is 5.69 Å². The highest BCUT2D eigenvalue weighted by Crippen LogP contribution is 2.31. The summed E-state index contributed by atoms with van der Waals surface area (Å²) in [6, 6.07) is 9.56. The van der Waals surface area contributed by atoms with Crippen LogP contribution in [-0.2, 0) is 0 Å². The fourth-order valence-electron chi connectivity index (χ4n) is 2.96. The first kappa shape index (κ1) is 11.8. The van der Waals surface area contributed by atoms with Gasteiger partial charge < -0.3 is 5.32 Å². The molecule has 1 aromatic carbocycles. The van der Waals surface area contributed by atoms with Gasteiger partial charge in [0.05, 0.1) is 11.4 Å². The molecule has 0 radical (unpaired) electrons. The topological polar surface area (TPSA) is 58.9 Å². The molecular weight excluding hydrogens is 252 g/mol. The molecule has 20 heavy (non-hydrogen) atoms. The Labute approximate surface area is 117 Å². The smallest absolute Gasteiger partial charge is 0.143 e. The lowest BCUT2D eigenvalue weighted by Gasteiger charge is -2.18. The number of benzene rings is 1. The van der Waals surface area contributed by atoms with E-state index < -0.39 is 0 Å². The molecule has 6 heteroatoms. The second-order valence-electron chi connectivity index (χ2n) is 5.63. The third kappa shape index (κ3) is 2.27. The van der Waals surface area contributed by atoms with E-state index in [1.54, 1.807) is 11.0 Å². The molecule has 1 saturated carbocycles. The molecule has 104 valence electrons. The van der Waals surface area contributed by atoms with Gasteiger partial charge in [-0.2, -0.15) is 4.68 Å². The third-order valence-corrected chi connectivity index (χ3v) is 4.14. The van der Waals surface area contributed by atoms with E-state index in [2.05, 4.69) is 31.8 Å². The van der Waals surface area contributed by atoms with Gasteiger partial charge in [-0.15, -0.1) is 5.10 Å². The number of nitrogens with zero attached hydrogens (tertiary/aromatic N) is 5. The van der Waals surface area contributed by atoms with Crippen molar-refractivity contribution in [2.45, 2.75) is 31.3 Å². The zero-order chi connectivity index (χ0) is 13.4. The van der Waals surface area contributed by atoms with E-state index in [0.717, 1.165) is 24.0 Å². The first-order valence-corrected chi connectivity index (χ1v) is 7.23. The number of likely N-dealkylation sites (tertiary alicyclic amines) is 1. The molecule has 0 spiro atoms. The van der Waals surface area contributed by atoms with Gasteiger partial charge in [0.25, 0.3) is 0 Å². The van der Waals surface area contributed by atoms with E-state index in [9.17, 15) is 0 Å². The molecule has 0 amide bonds. The van der Waals surface area contributed by atoms with Gasteiger partial charge in [-0.1, -0.05) is 12.1 Å². The molecule has 4 rings (SSSR count). The maximum Gasteiger partial charge on any atom is 0.143 e. The Morgan fingerprint density at radius 2 is 2.05 bits per heavy atom. The molecule has 1 aliphatic heterocycles. The van der Waals surface area contributed by atoms with Gasteiger partial charge in [-0.05, 0) is 41.8 Å². The fraction of sp³-hybridized carbons (Fsp3) is 0.500. The summed E-state index contributed by atoms with van der Waals surface area (Å²) < 4.78 is 1.70. The number of hydrogen-bond donors (Lipinski definition) is 1. The van der Waals surface area contributed by atoms with Crippen LogP contribution in [0.3, 0.4) is 0 Å². The zero-order valence-corrected chi connectivity index (χ0v) is 11.3. The lowest BCUT2D eigenvalue weighted by molar-refractivity contribution is 0.326. The Bertz CT molecular complexity index is 577. The molecular formula is C14H18N6. The highest BCUT2D eigenvalue weighted by atomic mass is 15.5. The maximum atomic E-state index is 3.98. The summed E-state index contributed by atoms with van der Waals surface area (Å²) in [6.07, 6.45) is 5.61. The first-order chi connectivity index (χ1) is 9.90. The van der Waals surface area contributed by atoms with Crippen molar-refractivity contribution in [1.29, 1.82) is 0 Å². The standard InChI is InChI=1S/C14H18N6/c1-2-4-14(20-10-15-17-18-20)13(3-1)16-11-7-8-19(9-11)12-5-6-12/h1-4,10-12,16H,5-9H2. The number of nitrogens with one attached hydrogen (secondary N) is 1. The minimum absolute atomic E-state index is 0.522. The summed E-state index contributed by atoms with van der Waals surface area (Å²) in [6.45, 7) is 2.37. The molecule has 1 aromatic heterocycles. The Kier molecular flexibility index (Phi) is 2.88. The van der Waals surface area contributed by atoms with Crippen LogP contribution in [0.5, 0.6) is 0 Å². The monoisotopic (exact) mass is 270 g/mol. The number of para-hydroxylation sites is 2. The summed E-state index contributed by atoms with van der Waals surface area (Å²) in [4.78, 5) is 2.61. The van der Waals surface area contributed by atoms with Crippen LogP contribution in [0.1, 0.15) is 19.3 Å². The van der Waals surface area contributed by atoms with Crippen molar-refractivity contribution in [3.8, 4) is 5.69 Å². The first-order valence-electron chi connectivity index (χ1n) is 7.23. The van der Waals surface area contributed by atoms with Crippen LogP contribution >= 0.6 is 0 Å². The van der Waals surface area contributed by atoms with Gasteiger partial charge >= 0.3 is 0 Å². The van der Waals surface area contributed by atoms with E-state index in [-0.39, 0.29) is 0 Å². The number of hydrogen-bond acceptors (Lipinski definition) is 5. The van der Waals surface area contributed by atoms with Crippen LogP contribution in [0.25, 0.3) is 5.69 Å². The molecule has 2 aromatic rings. The largest absolute Gasteiger partial charge is 0.379 e. The van der Waals surface area contributed by atoms with E-state index in [1.807, 2.05) is 18.2 Å². The van der Waals surface area contributed by atoms with Gasteiger partial charge in [0.1, 0.15) is 6.33 Å². The van der Waals surface area contributed by atoms with Crippen molar-refractivity contribution in [1.82, 2.24) is 25.1 Å². The summed E-state index contributed by atoms with van der Waals surface area (Å²) >= 11 is 0. The maximum absolute atomic E-state index is 3.98. The Balaban J connectivity index is 1.51. The van der Waals surface area contributed by atoms with Crippen LogP contribution in [0.4, 0.5) is 5.69 Å². The Hall–Kier alpha value is -1.95. The summed E-state index contributed by atoms with van der Waals surface area (Å²) in [5.41, 5.74) is 2.10. The Morgan fingerprint density at radius 3 is 2.85 bits per heavy atom. The van der Waals surface area contributed by atoms with Crippen molar-refractivity contribution in [3.63, 3.8) is 0 Å². The van der Waals surface area contributed by atoms with Gasteiger partial charge in [-0.3, -0.25) is 4.90 Å². The van der Waals surface area contributed by atoms with Gasteiger partial charge in [0, 0.05) is 25.2 Å². The summed E-state index contributed by atoms with van der Waals surface area (Å²) in [5, 5.41) is 15.1. The second kappa shape index (κ2) is 4.86. The molecule has 2 aliphatic rings. The van der Waals surface area contributed by atoms with Crippen LogP contribution in [-0.4, -0.2) is 50.3 Å². The summed E-state index contributed by atoms with van der Waals surface area (Å²) in [7, 11) is 0. The van der Waals surface area contributed by atoms with Crippen LogP contribution < -0.4 is 5.32 Å². The van der Waals surface area contributed by atoms with Gasteiger partial charge in [0.2, 0.25) is 0 Å². The van der Waals surface area contributed by atoms with Crippen LogP contribution in [0.15, 0.2) is 30.6 Å². The predicted octanol–water partition coefficient (Wildman–Crippen LogP) is 1.31. The van der Waals surface area contributed by atoms with Crippen molar-refractivity contribution in [2.24, 2.45) is 0 Å². The summed E-state index contributed by atoms with van der Waals surface area (Å²) in [5.74, 6) is 0. The minimum atomic E-state index is 0.522. The van der Waals surface area contributed by atoms with Crippen LogP contribution in [0.2, 0.25) is 0 Å². The van der Waals surface area contributed by atoms with E-state index >= 15 is 0 Å². The normalized spacial score (nSPS) is 23.1. The quantitative estimate of drug-likeness (QED) is 0.907. The number of tetrazole rings is 1. The molecule has 1 saturated heterocycles. The molecule has 0 bridgehead atoms. The number of rotatable bonds is 4. The van der Waals surface area contributed by atoms with Crippen molar-refractivity contribution in [2.75, 3.05) is 18.4 Å². The highest BCUT2D eigenvalue weighted by Gasteiger charge is 2.34. The minimum Gasteiger partial charge on any atom is -0.379 e. The lowest BCUT2D eigenvalue weighted by Crippen LogP contribution is -2.28. The fourth-order valence-corrected chi connectivity index (χ4v) is 2.96. The molecule has 1 atom stereocenters. The lowest BCUT2D eigenvalue weighted by atomic mass is 10.2. The average Bonchev–Trinajstić information content (AvgIpc) is 3.00. The molecule has 2 heterocycles. The second-order valence-corrected chi connectivity index (χ2v) is 5.63. The average molecular weight is 270 g/mol. The number of aromatic nitrogens is 4. The molecule has 6 nitrogen and oxygen atoms in total. The number of anilines is 1. The predicted molar refractivity (Wildman–Crippen MR) is 75.8 cm³/mol. The molecule has 1 aliphatic carbocycles. The molecule has 1 unspecified atom stereocenters. The SMILES string of the molecule is c1ccc(-n2cnnn2)c(NC2CCN(C3CC3)C2)c1. The van der Waals surface area contributed by atoms with E-state index in [0.29, 0.717) is 6.04 Å². The third-order valence-electron chi connectivity index (χ3n) is 4.14. The van der Waals surface area contributed by atoms with Crippen LogP contribution in [0, 0.1) is 0 Å². The van der Waals surface area contributed by atoms with Gasteiger partial charge in [-0.25, -0.2) is 0 Å². The van der Waals surface area contributed by atoms with E-state index in [1.165, 1.54) is 25.8 Å². The molecule has 1 N–H and O–H groups in total. The van der Waals surface area contributed by atoms with Gasteiger partial charge in [0.15, 0.2) is 0 Å².